The first-order chi connectivity index (χ1) is 29.4. The third kappa shape index (κ3) is 21.5. The summed E-state index contributed by atoms with van der Waals surface area (Å²) in [6.45, 7) is 17.5. The molecule has 0 unspecified atom stereocenters. The number of nitrogens with one attached hydrogen (secondary N) is 4. The molecule has 0 saturated carbocycles. The Morgan fingerprint density at radius 2 is 1.08 bits per heavy atom. The molecule has 3 aromatic rings. The number of unbranched alkanes of at least 4 members (excludes halogenated alkanes) is 1. The molecule has 4 atom stereocenters. The van der Waals surface area contributed by atoms with Crippen LogP contribution in [0.4, 0.5) is 11.4 Å². The van der Waals surface area contributed by atoms with Gasteiger partial charge in [0.1, 0.15) is 13.2 Å². The summed E-state index contributed by atoms with van der Waals surface area (Å²) < 4.78 is 9.93. The monoisotopic (exact) mass is 858 g/mol. The summed E-state index contributed by atoms with van der Waals surface area (Å²) in [4.78, 5) is 73.3. The first-order valence-electron chi connectivity index (χ1n) is 21.8. The molecule has 3 rings (SSSR count). The summed E-state index contributed by atoms with van der Waals surface area (Å²) in [6, 6.07) is 23.9. The van der Waals surface area contributed by atoms with Crippen molar-refractivity contribution in [1.29, 1.82) is 0 Å². The number of carbonyl (C=O) groups excluding carboxylic acids is 6. The van der Waals surface area contributed by atoms with Crippen molar-refractivity contribution in [2.75, 3.05) is 17.2 Å². The highest BCUT2D eigenvalue weighted by molar-refractivity contribution is 5.97. The molecule has 0 bridgehead atoms. The standard InChI is InChI=1S/C28H39N3O4.C21H32N2O4/c1-20(2)30-26(17-22-9-5-4-6-10-22)27(33)18-24(11-7-8-16-29)28(34)31-25-14-12-23(13-15-25)19-35-21(3)32;1-13(2)20(22-14(3)4)19(25)11-15(5)21(26)23-18-9-7-17(8-10-18)12-27-16(6)24/h4-6,9-10,12-15,20,24,26,30H,7-8,11,16-19,29H2,1-3H3,(H,31,34);7-10,13-15,20,22H,11-12H2,1-6H3,(H,23,26)/t24-,26+;15-,20+/m11/s1. The fourth-order valence-corrected chi connectivity index (χ4v) is 6.55. The number of esters is 2. The van der Waals surface area contributed by atoms with E-state index in [0.717, 1.165) is 29.5 Å². The van der Waals surface area contributed by atoms with Crippen LogP contribution in [0.25, 0.3) is 0 Å². The van der Waals surface area contributed by atoms with E-state index in [9.17, 15) is 28.8 Å². The van der Waals surface area contributed by atoms with Crippen LogP contribution in [0.15, 0.2) is 78.9 Å². The van der Waals surface area contributed by atoms with Crippen LogP contribution in [0.2, 0.25) is 0 Å². The van der Waals surface area contributed by atoms with E-state index in [0.29, 0.717) is 30.8 Å². The minimum Gasteiger partial charge on any atom is -0.461 e. The summed E-state index contributed by atoms with van der Waals surface area (Å²) in [5.41, 5.74) is 9.69. The number of Topliss-reactive ketones (excluding diaryl/α,β-unsaturated/α-hetero) is 2. The topological polar surface area (TPSA) is 195 Å². The average molecular weight is 858 g/mol. The molecule has 62 heavy (non-hydrogen) atoms. The molecule has 340 valence electrons. The number of hydrogen-bond donors (Lipinski definition) is 5. The molecule has 13 heteroatoms. The van der Waals surface area contributed by atoms with Gasteiger partial charge < -0.3 is 36.5 Å². The number of ether oxygens (including phenoxy) is 2. The minimum absolute atomic E-state index is 0.0344. The Morgan fingerprint density at radius 1 is 0.581 bits per heavy atom. The van der Waals surface area contributed by atoms with Crippen LogP contribution in [-0.4, -0.2) is 66.0 Å². The second-order valence-electron chi connectivity index (χ2n) is 16.8. The summed E-state index contributed by atoms with van der Waals surface area (Å²) in [6.07, 6.45) is 3.12. The van der Waals surface area contributed by atoms with E-state index in [4.69, 9.17) is 15.2 Å². The van der Waals surface area contributed by atoms with Gasteiger partial charge in [0.25, 0.3) is 0 Å². The Balaban J connectivity index is 0.000000442. The lowest BCUT2D eigenvalue weighted by Crippen LogP contribution is -2.45. The molecule has 13 nitrogen and oxygen atoms in total. The molecule has 0 heterocycles. The van der Waals surface area contributed by atoms with E-state index in [1.54, 1.807) is 55.5 Å². The third-order valence-electron chi connectivity index (χ3n) is 9.84. The predicted octanol–water partition coefficient (Wildman–Crippen LogP) is 7.31. The van der Waals surface area contributed by atoms with Gasteiger partial charge >= 0.3 is 11.9 Å². The van der Waals surface area contributed by atoms with Gasteiger partial charge in [-0.2, -0.15) is 0 Å². The minimum atomic E-state index is -0.443. The second-order valence-corrected chi connectivity index (χ2v) is 16.8. The lowest BCUT2D eigenvalue weighted by Gasteiger charge is -2.24. The van der Waals surface area contributed by atoms with Crippen molar-refractivity contribution in [3.05, 3.63) is 95.6 Å². The second kappa shape index (κ2) is 28.4. The van der Waals surface area contributed by atoms with E-state index in [1.165, 1.54) is 13.8 Å². The van der Waals surface area contributed by atoms with Crippen molar-refractivity contribution in [2.45, 2.75) is 138 Å². The zero-order chi connectivity index (χ0) is 46.2. The van der Waals surface area contributed by atoms with E-state index < -0.39 is 11.8 Å². The largest absolute Gasteiger partial charge is 0.461 e. The zero-order valence-corrected chi connectivity index (χ0v) is 38.3. The normalized spacial score (nSPS) is 13.0. The molecule has 0 radical (unpaired) electrons. The van der Waals surface area contributed by atoms with Crippen LogP contribution in [0.5, 0.6) is 0 Å². The van der Waals surface area contributed by atoms with Crippen LogP contribution in [0, 0.1) is 17.8 Å². The van der Waals surface area contributed by atoms with Crippen molar-refractivity contribution < 1.29 is 38.2 Å². The van der Waals surface area contributed by atoms with Gasteiger partial charge in [-0.1, -0.05) is 109 Å². The maximum Gasteiger partial charge on any atom is 0.302 e. The molecule has 0 aliphatic carbocycles. The Hall–Kier alpha value is -5.24. The van der Waals surface area contributed by atoms with Gasteiger partial charge in [0.2, 0.25) is 11.8 Å². The number of carbonyl (C=O) groups is 6. The number of hydrogen-bond acceptors (Lipinski definition) is 11. The molecule has 0 fully saturated rings. The smallest absolute Gasteiger partial charge is 0.302 e. The molecule has 3 aromatic carbocycles. The first kappa shape index (κ1) is 52.9. The summed E-state index contributed by atoms with van der Waals surface area (Å²) in [5.74, 6) is -1.66. The van der Waals surface area contributed by atoms with Crippen LogP contribution >= 0.6 is 0 Å². The Labute approximate surface area is 369 Å². The van der Waals surface area contributed by atoms with E-state index in [2.05, 4.69) is 21.3 Å². The highest BCUT2D eigenvalue weighted by Crippen LogP contribution is 2.21. The van der Waals surface area contributed by atoms with E-state index in [1.807, 2.05) is 71.9 Å². The highest BCUT2D eigenvalue weighted by Gasteiger charge is 2.28. The van der Waals surface area contributed by atoms with Gasteiger partial charge in [0, 0.05) is 62.0 Å². The molecule has 0 spiro atoms. The molecule has 0 aliphatic heterocycles. The lowest BCUT2D eigenvalue weighted by atomic mass is 9.90. The first-order valence-corrected chi connectivity index (χ1v) is 21.8. The van der Waals surface area contributed by atoms with Gasteiger partial charge in [-0.25, -0.2) is 0 Å². The summed E-state index contributed by atoms with van der Waals surface area (Å²) in [5, 5.41) is 12.4. The van der Waals surface area contributed by atoms with Gasteiger partial charge in [-0.15, -0.1) is 0 Å². The quantitative estimate of drug-likeness (QED) is 0.0424. The van der Waals surface area contributed by atoms with Crippen molar-refractivity contribution in [1.82, 2.24) is 10.6 Å². The zero-order valence-electron chi connectivity index (χ0n) is 38.3. The fourth-order valence-electron chi connectivity index (χ4n) is 6.55. The van der Waals surface area contributed by atoms with Crippen LogP contribution in [0.1, 0.15) is 111 Å². The van der Waals surface area contributed by atoms with Crippen molar-refractivity contribution >= 4 is 46.7 Å². The van der Waals surface area contributed by atoms with Gasteiger partial charge in [0.15, 0.2) is 11.6 Å². The summed E-state index contributed by atoms with van der Waals surface area (Å²) >= 11 is 0. The molecular weight excluding hydrogens is 787 g/mol. The maximum atomic E-state index is 13.3. The molecule has 2 amide bonds. The summed E-state index contributed by atoms with van der Waals surface area (Å²) in [7, 11) is 0. The van der Waals surface area contributed by atoms with Crippen molar-refractivity contribution in [3.63, 3.8) is 0 Å². The number of nitrogens with two attached hydrogens (primary N) is 1. The fraction of sp³-hybridized carbons (Fsp3) is 0.510. The molecular formula is C49H71N5O8. The Bertz CT molecular complexity index is 1830. The highest BCUT2D eigenvalue weighted by atomic mass is 16.5. The maximum absolute atomic E-state index is 13.3. The Morgan fingerprint density at radius 3 is 1.53 bits per heavy atom. The van der Waals surface area contributed by atoms with Crippen molar-refractivity contribution in [2.24, 2.45) is 23.5 Å². The van der Waals surface area contributed by atoms with E-state index >= 15 is 0 Å². The molecule has 0 saturated heterocycles. The molecule has 6 N–H and O–H groups in total. The molecule has 0 aliphatic rings. The van der Waals surface area contributed by atoms with Crippen LogP contribution in [0.3, 0.4) is 0 Å². The van der Waals surface area contributed by atoms with Crippen LogP contribution < -0.4 is 27.0 Å². The number of anilines is 2. The predicted molar refractivity (Wildman–Crippen MR) is 245 cm³/mol. The van der Waals surface area contributed by atoms with Gasteiger partial charge in [-0.3, -0.25) is 28.8 Å². The number of rotatable bonds is 25. The van der Waals surface area contributed by atoms with Gasteiger partial charge in [0.05, 0.1) is 12.1 Å². The van der Waals surface area contributed by atoms with Gasteiger partial charge in [-0.05, 0) is 72.7 Å². The third-order valence-corrected chi connectivity index (χ3v) is 9.84. The number of benzene rings is 3. The lowest BCUT2D eigenvalue weighted by molar-refractivity contribution is -0.143. The van der Waals surface area contributed by atoms with E-state index in [-0.39, 0.29) is 91.5 Å². The average Bonchev–Trinajstić information content (AvgIpc) is 3.21. The Kier molecular flexibility index (Phi) is 24.2. The number of ketones is 2. The van der Waals surface area contributed by atoms with Crippen LogP contribution in [-0.2, 0) is 57.9 Å². The van der Waals surface area contributed by atoms with Crippen molar-refractivity contribution in [3.8, 4) is 0 Å². The molecule has 0 aromatic heterocycles. The SMILES string of the molecule is CC(=O)OCc1ccc(NC(=O)[C@H](C)CC(=O)[C@@H](NC(C)C)C(C)C)cc1.CC(=O)OCc1ccc(NC(=O)[C@H](CCCCN)CC(=O)[C@H](Cc2ccccc2)NC(C)C)cc1. The number of amides is 2.